The number of thiophene rings is 1. The van der Waals surface area contributed by atoms with Gasteiger partial charge in [0.1, 0.15) is 5.82 Å². The fraction of sp³-hybridized carbons (Fsp3) is 0.286. The fourth-order valence-electron chi connectivity index (χ4n) is 1.90. The molecule has 0 aromatic carbocycles. The van der Waals surface area contributed by atoms with E-state index in [9.17, 15) is 0 Å². The highest BCUT2D eigenvalue weighted by atomic mass is 32.2. The van der Waals surface area contributed by atoms with E-state index in [1.807, 2.05) is 42.0 Å². The van der Waals surface area contributed by atoms with Gasteiger partial charge in [-0.15, -0.1) is 38.3 Å². The normalized spacial score (nSPS) is 12.5. The molecule has 0 bridgehead atoms. The molecule has 0 amide bonds. The molecule has 3 rings (SSSR count). The molecule has 3 aromatic heterocycles. The second-order valence-corrected chi connectivity index (χ2v) is 6.87. The van der Waals surface area contributed by atoms with Crippen LogP contribution in [0.1, 0.15) is 23.9 Å². The molecule has 8 heteroatoms. The predicted molar refractivity (Wildman–Crippen MR) is 86.8 cm³/mol. The van der Waals surface area contributed by atoms with E-state index in [4.69, 9.17) is 4.42 Å². The molecule has 1 atom stereocenters. The van der Waals surface area contributed by atoms with Crippen LogP contribution in [0.5, 0.6) is 0 Å². The summed E-state index contributed by atoms with van der Waals surface area (Å²) in [5.41, 5.74) is 0. The Morgan fingerprint density at radius 2 is 2.27 bits per heavy atom. The molecular weight excluding hydrogens is 318 g/mol. The number of allylic oxidation sites excluding steroid dienone is 1. The Morgan fingerprint density at radius 3 is 3.00 bits per heavy atom. The maximum Gasteiger partial charge on any atom is 0.257 e. The van der Waals surface area contributed by atoms with E-state index in [0.717, 1.165) is 15.9 Å². The number of thioether (sulfide) groups is 1. The number of aryl methyl sites for hydroxylation is 1. The number of aromatic nitrogens is 5. The highest BCUT2D eigenvalue weighted by Gasteiger charge is 2.20. The quantitative estimate of drug-likeness (QED) is 0.505. The van der Waals surface area contributed by atoms with Gasteiger partial charge in [-0.05, 0) is 25.3 Å². The number of nitrogens with zero attached hydrogens (tertiary/aromatic N) is 5. The molecule has 0 saturated heterocycles. The van der Waals surface area contributed by atoms with Gasteiger partial charge in [0.25, 0.3) is 5.89 Å². The summed E-state index contributed by atoms with van der Waals surface area (Å²) in [5, 5.41) is 19.4. The standard InChI is InChI=1S/C14H15N5OS2/c1-4-7-19-10(3)15-18-14(19)22-9(2)12-16-17-13(20-12)11-6-5-8-21-11/h4-6,8-9H,1,7H2,2-3H3. The van der Waals surface area contributed by atoms with Crippen molar-refractivity contribution in [2.45, 2.75) is 30.8 Å². The molecule has 0 aliphatic rings. The minimum Gasteiger partial charge on any atom is -0.419 e. The first kappa shape index (κ1) is 15.0. The molecule has 0 fully saturated rings. The van der Waals surface area contributed by atoms with Crippen molar-refractivity contribution in [3.8, 4) is 10.8 Å². The second kappa shape index (κ2) is 6.45. The van der Waals surface area contributed by atoms with Crippen LogP contribution in [-0.4, -0.2) is 25.0 Å². The first-order valence-corrected chi connectivity index (χ1v) is 8.49. The van der Waals surface area contributed by atoms with E-state index in [0.29, 0.717) is 18.3 Å². The fourth-order valence-corrected chi connectivity index (χ4v) is 3.47. The van der Waals surface area contributed by atoms with Crippen molar-refractivity contribution in [2.24, 2.45) is 0 Å². The lowest BCUT2D eigenvalue weighted by atomic mass is 10.5. The minimum atomic E-state index is -0.00613. The molecule has 0 saturated carbocycles. The Hall–Kier alpha value is -1.93. The SMILES string of the molecule is C=CCn1c(C)nnc1SC(C)c1nnc(-c2cccs2)o1. The van der Waals surface area contributed by atoms with Crippen molar-refractivity contribution in [1.82, 2.24) is 25.0 Å². The molecule has 0 N–H and O–H groups in total. The molecule has 114 valence electrons. The highest BCUT2D eigenvalue weighted by Crippen LogP contribution is 2.35. The largest absolute Gasteiger partial charge is 0.419 e. The number of rotatable bonds is 6. The monoisotopic (exact) mass is 333 g/mol. The van der Waals surface area contributed by atoms with E-state index >= 15 is 0 Å². The van der Waals surface area contributed by atoms with Crippen LogP contribution in [0.25, 0.3) is 10.8 Å². The van der Waals surface area contributed by atoms with Gasteiger partial charge in [0.05, 0.1) is 10.1 Å². The summed E-state index contributed by atoms with van der Waals surface area (Å²) in [6, 6.07) is 3.92. The Kier molecular flexibility index (Phi) is 4.39. The lowest BCUT2D eigenvalue weighted by molar-refractivity contribution is 0.509. The highest BCUT2D eigenvalue weighted by molar-refractivity contribution is 7.99. The third kappa shape index (κ3) is 2.97. The Balaban J connectivity index is 1.77. The summed E-state index contributed by atoms with van der Waals surface area (Å²) < 4.78 is 7.76. The molecule has 0 aliphatic carbocycles. The van der Waals surface area contributed by atoms with Crippen LogP contribution < -0.4 is 0 Å². The van der Waals surface area contributed by atoms with Crippen LogP contribution in [0.4, 0.5) is 0 Å². The summed E-state index contributed by atoms with van der Waals surface area (Å²) in [5.74, 6) is 2.00. The van der Waals surface area contributed by atoms with E-state index < -0.39 is 0 Å². The predicted octanol–water partition coefficient (Wildman–Crippen LogP) is 3.74. The smallest absolute Gasteiger partial charge is 0.257 e. The number of hydrogen-bond acceptors (Lipinski definition) is 7. The maximum atomic E-state index is 5.76. The lowest BCUT2D eigenvalue weighted by Crippen LogP contribution is -2.01. The molecule has 3 heterocycles. The topological polar surface area (TPSA) is 69.6 Å². The Morgan fingerprint density at radius 1 is 1.41 bits per heavy atom. The van der Waals surface area contributed by atoms with Crippen molar-refractivity contribution >= 4 is 23.1 Å². The van der Waals surface area contributed by atoms with Crippen molar-refractivity contribution < 1.29 is 4.42 Å². The molecule has 0 aliphatic heterocycles. The van der Waals surface area contributed by atoms with Gasteiger partial charge < -0.3 is 8.98 Å². The summed E-state index contributed by atoms with van der Waals surface area (Å²) in [7, 11) is 0. The van der Waals surface area contributed by atoms with Crippen LogP contribution in [0.3, 0.4) is 0 Å². The summed E-state index contributed by atoms with van der Waals surface area (Å²) >= 11 is 3.12. The van der Waals surface area contributed by atoms with Gasteiger partial charge in [-0.1, -0.05) is 23.9 Å². The van der Waals surface area contributed by atoms with Gasteiger partial charge in [0.2, 0.25) is 5.89 Å². The summed E-state index contributed by atoms with van der Waals surface area (Å²) in [4.78, 5) is 0.974. The van der Waals surface area contributed by atoms with Crippen molar-refractivity contribution in [2.75, 3.05) is 0 Å². The molecular formula is C14H15N5OS2. The van der Waals surface area contributed by atoms with E-state index in [2.05, 4.69) is 27.0 Å². The van der Waals surface area contributed by atoms with E-state index in [-0.39, 0.29) is 5.25 Å². The van der Waals surface area contributed by atoms with E-state index in [1.165, 1.54) is 0 Å². The molecule has 1 unspecified atom stereocenters. The van der Waals surface area contributed by atoms with Gasteiger partial charge >= 0.3 is 0 Å². The van der Waals surface area contributed by atoms with Crippen LogP contribution in [0, 0.1) is 6.92 Å². The van der Waals surface area contributed by atoms with Crippen LogP contribution in [0.2, 0.25) is 0 Å². The third-order valence-electron chi connectivity index (χ3n) is 3.02. The van der Waals surface area contributed by atoms with Crippen molar-refractivity contribution in [1.29, 1.82) is 0 Å². The second-order valence-electron chi connectivity index (χ2n) is 4.61. The van der Waals surface area contributed by atoms with Gasteiger partial charge in [0, 0.05) is 6.54 Å². The maximum absolute atomic E-state index is 5.76. The Bertz CT molecular complexity index is 762. The van der Waals surface area contributed by atoms with E-state index in [1.54, 1.807) is 23.1 Å². The Labute approximate surface area is 136 Å². The minimum absolute atomic E-state index is 0.00613. The molecule has 3 aromatic rings. The molecule has 22 heavy (non-hydrogen) atoms. The lowest BCUT2D eigenvalue weighted by Gasteiger charge is -2.08. The van der Waals surface area contributed by atoms with Gasteiger partial charge in [-0.2, -0.15) is 0 Å². The van der Waals surface area contributed by atoms with Crippen LogP contribution >= 0.6 is 23.1 Å². The van der Waals surface area contributed by atoms with Crippen molar-refractivity contribution in [3.63, 3.8) is 0 Å². The third-order valence-corrected chi connectivity index (χ3v) is 4.94. The average molecular weight is 333 g/mol. The number of hydrogen-bond donors (Lipinski definition) is 0. The first-order valence-electron chi connectivity index (χ1n) is 6.73. The molecule has 6 nitrogen and oxygen atoms in total. The summed E-state index contributed by atoms with van der Waals surface area (Å²) in [6.07, 6.45) is 1.83. The van der Waals surface area contributed by atoms with Crippen molar-refractivity contribution in [3.05, 3.63) is 41.9 Å². The zero-order valence-corrected chi connectivity index (χ0v) is 13.9. The van der Waals surface area contributed by atoms with Crippen LogP contribution in [0.15, 0.2) is 39.7 Å². The van der Waals surface area contributed by atoms with Gasteiger partial charge in [-0.3, -0.25) is 0 Å². The average Bonchev–Trinajstić information content (AvgIpc) is 3.22. The summed E-state index contributed by atoms with van der Waals surface area (Å²) in [6.45, 7) is 8.38. The zero-order valence-electron chi connectivity index (χ0n) is 12.3. The zero-order chi connectivity index (χ0) is 15.5. The molecule has 0 spiro atoms. The van der Waals surface area contributed by atoms with Gasteiger partial charge in [0.15, 0.2) is 5.16 Å². The van der Waals surface area contributed by atoms with Crippen LogP contribution in [-0.2, 0) is 6.54 Å². The molecule has 0 radical (unpaired) electrons. The first-order chi connectivity index (χ1) is 10.7. The van der Waals surface area contributed by atoms with Gasteiger partial charge in [-0.25, -0.2) is 0 Å².